The van der Waals surface area contributed by atoms with Crippen LogP contribution in [0.5, 0.6) is 0 Å². The van der Waals surface area contributed by atoms with Crippen LogP contribution in [0.1, 0.15) is 10.4 Å². The molecule has 0 aliphatic rings. The van der Waals surface area contributed by atoms with Crippen molar-refractivity contribution in [2.75, 3.05) is 5.32 Å². The van der Waals surface area contributed by atoms with E-state index in [9.17, 15) is 9.59 Å². The van der Waals surface area contributed by atoms with Gasteiger partial charge >= 0.3 is 6.03 Å². The Morgan fingerprint density at radius 2 is 1.95 bits per heavy atom. The first kappa shape index (κ1) is 13.0. The number of urea groups is 1. The zero-order chi connectivity index (χ0) is 14.0. The highest BCUT2D eigenvalue weighted by Crippen LogP contribution is 2.26. The predicted octanol–water partition coefficient (Wildman–Crippen LogP) is 1.92. The highest BCUT2D eigenvalue weighted by molar-refractivity contribution is 6.30. The highest BCUT2D eigenvalue weighted by Gasteiger charge is 2.15. The summed E-state index contributed by atoms with van der Waals surface area (Å²) in [5.74, 6) is -0.511. The van der Waals surface area contributed by atoms with Gasteiger partial charge in [-0.1, -0.05) is 23.7 Å². The van der Waals surface area contributed by atoms with Crippen LogP contribution < -0.4 is 16.8 Å². The van der Waals surface area contributed by atoms with Crippen LogP contribution in [-0.2, 0) is 0 Å². The monoisotopic (exact) mass is 278 g/mol. The molecule has 0 unspecified atom stereocenters. The molecule has 19 heavy (non-hydrogen) atoms. The third kappa shape index (κ3) is 2.86. The standard InChI is InChI=1S/C12H11ClN4O2/c13-7-3-1-2-6(4-7)9-5-8(10(14)18)11(16-9)17-12(15)19/h1-5,16H,(H2,14,18)(H3,15,17,19). The smallest absolute Gasteiger partial charge is 0.317 e. The number of primary amides is 2. The third-order valence-corrected chi connectivity index (χ3v) is 2.70. The van der Waals surface area contributed by atoms with Crippen molar-refractivity contribution in [1.29, 1.82) is 0 Å². The van der Waals surface area contributed by atoms with Crippen LogP contribution in [0.15, 0.2) is 30.3 Å². The summed E-state index contributed by atoms with van der Waals surface area (Å²) in [5, 5.41) is 2.86. The van der Waals surface area contributed by atoms with E-state index in [1.807, 2.05) is 0 Å². The number of carbonyl (C=O) groups is 2. The van der Waals surface area contributed by atoms with Crippen LogP contribution in [0.2, 0.25) is 5.02 Å². The highest BCUT2D eigenvalue weighted by atomic mass is 35.5. The normalized spacial score (nSPS) is 10.2. The Bertz CT molecular complexity index is 651. The summed E-state index contributed by atoms with van der Waals surface area (Å²) < 4.78 is 0. The Morgan fingerprint density at radius 1 is 1.21 bits per heavy atom. The minimum Gasteiger partial charge on any atom is -0.365 e. The predicted molar refractivity (Wildman–Crippen MR) is 73.0 cm³/mol. The first-order valence-electron chi connectivity index (χ1n) is 5.32. The number of nitrogens with two attached hydrogens (primary N) is 2. The summed E-state index contributed by atoms with van der Waals surface area (Å²) in [6.45, 7) is 0. The fourth-order valence-electron chi connectivity index (χ4n) is 1.68. The van der Waals surface area contributed by atoms with Crippen molar-refractivity contribution in [1.82, 2.24) is 4.98 Å². The molecule has 2 rings (SSSR count). The Kier molecular flexibility index (Phi) is 3.43. The molecule has 0 fully saturated rings. The van der Waals surface area contributed by atoms with Crippen molar-refractivity contribution in [2.24, 2.45) is 11.5 Å². The molecule has 2 aromatic rings. The largest absolute Gasteiger partial charge is 0.365 e. The van der Waals surface area contributed by atoms with Crippen molar-refractivity contribution in [2.45, 2.75) is 0 Å². The molecule has 7 heteroatoms. The lowest BCUT2D eigenvalue weighted by Crippen LogP contribution is -2.22. The number of benzene rings is 1. The number of hydrogen-bond donors (Lipinski definition) is 4. The molecular weight excluding hydrogens is 268 g/mol. The Labute approximate surface area is 113 Å². The summed E-state index contributed by atoms with van der Waals surface area (Å²) in [6.07, 6.45) is 0. The molecule has 0 atom stereocenters. The average molecular weight is 279 g/mol. The molecule has 1 heterocycles. The number of rotatable bonds is 3. The van der Waals surface area contributed by atoms with Gasteiger partial charge in [0.15, 0.2) is 0 Å². The van der Waals surface area contributed by atoms with Crippen molar-refractivity contribution in [3.63, 3.8) is 0 Å². The molecular formula is C12H11ClN4O2. The molecule has 0 bridgehead atoms. The number of aromatic amines is 1. The number of H-pyrrole nitrogens is 1. The first-order valence-corrected chi connectivity index (χ1v) is 5.70. The van der Waals surface area contributed by atoms with Crippen LogP contribution in [0.3, 0.4) is 0 Å². The summed E-state index contributed by atoms with van der Waals surface area (Å²) >= 11 is 5.89. The maximum absolute atomic E-state index is 11.3. The number of halogens is 1. The lowest BCUT2D eigenvalue weighted by molar-refractivity contribution is 0.100. The maximum Gasteiger partial charge on any atom is 0.317 e. The Balaban J connectivity index is 2.48. The van der Waals surface area contributed by atoms with E-state index in [2.05, 4.69) is 10.3 Å². The van der Waals surface area contributed by atoms with E-state index in [-0.39, 0.29) is 11.4 Å². The van der Waals surface area contributed by atoms with E-state index in [4.69, 9.17) is 23.1 Å². The number of amides is 3. The van der Waals surface area contributed by atoms with Gasteiger partial charge in [0.05, 0.1) is 5.56 Å². The molecule has 6 N–H and O–H groups in total. The van der Waals surface area contributed by atoms with Crippen LogP contribution in [0.25, 0.3) is 11.3 Å². The number of aromatic nitrogens is 1. The quantitative estimate of drug-likeness (QED) is 0.687. The number of nitrogens with one attached hydrogen (secondary N) is 2. The number of carbonyl (C=O) groups excluding carboxylic acids is 2. The minimum atomic E-state index is -0.790. The summed E-state index contributed by atoms with van der Waals surface area (Å²) in [5.41, 5.74) is 11.8. The number of hydrogen-bond acceptors (Lipinski definition) is 2. The SMILES string of the molecule is NC(=O)Nc1[nH]c(-c2cccc(Cl)c2)cc1C(N)=O. The minimum absolute atomic E-state index is 0.147. The molecule has 0 radical (unpaired) electrons. The second-order valence-corrected chi connectivity index (χ2v) is 4.27. The van der Waals surface area contributed by atoms with E-state index in [0.29, 0.717) is 10.7 Å². The van der Waals surface area contributed by atoms with E-state index in [1.54, 1.807) is 24.3 Å². The topological polar surface area (TPSA) is 114 Å². The van der Waals surface area contributed by atoms with Crippen molar-refractivity contribution in [3.8, 4) is 11.3 Å². The van der Waals surface area contributed by atoms with Gasteiger partial charge < -0.3 is 16.5 Å². The summed E-state index contributed by atoms with van der Waals surface area (Å²) in [7, 11) is 0. The zero-order valence-electron chi connectivity index (χ0n) is 9.74. The van der Waals surface area contributed by atoms with Gasteiger partial charge in [0.2, 0.25) is 0 Å². The van der Waals surface area contributed by atoms with E-state index in [1.165, 1.54) is 6.07 Å². The van der Waals surface area contributed by atoms with Crippen molar-refractivity contribution >= 4 is 29.4 Å². The molecule has 3 amide bonds. The second-order valence-electron chi connectivity index (χ2n) is 3.84. The van der Waals surface area contributed by atoms with Crippen LogP contribution in [-0.4, -0.2) is 16.9 Å². The van der Waals surface area contributed by atoms with Crippen LogP contribution >= 0.6 is 11.6 Å². The molecule has 0 aliphatic carbocycles. The van der Waals surface area contributed by atoms with Crippen LogP contribution in [0.4, 0.5) is 10.6 Å². The van der Waals surface area contributed by atoms with Gasteiger partial charge in [0.25, 0.3) is 5.91 Å². The average Bonchev–Trinajstić information content (AvgIpc) is 2.72. The van der Waals surface area contributed by atoms with Crippen molar-refractivity contribution in [3.05, 3.63) is 40.9 Å². The molecule has 1 aromatic carbocycles. The Morgan fingerprint density at radius 3 is 2.53 bits per heavy atom. The van der Waals surface area contributed by atoms with Gasteiger partial charge in [-0.2, -0.15) is 0 Å². The zero-order valence-corrected chi connectivity index (χ0v) is 10.5. The van der Waals surface area contributed by atoms with E-state index in [0.717, 1.165) is 5.56 Å². The molecule has 0 aliphatic heterocycles. The van der Waals surface area contributed by atoms with Gasteiger partial charge in [-0.05, 0) is 23.8 Å². The fourth-order valence-corrected chi connectivity index (χ4v) is 1.87. The molecule has 0 saturated carbocycles. The fraction of sp³-hybridized carbons (Fsp3) is 0. The summed E-state index contributed by atoms with van der Waals surface area (Å²) in [6, 6.07) is 7.75. The van der Waals surface area contributed by atoms with Gasteiger partial charge in [-0.15, -0.1) is 0 Å². The van der Waals surface area contributed by atoms with Crippen molar-refractivity contribution < 1.29 is 9.59 Å². The second kappa shape index (κ2) is 5.03. The van der Waals surface area contributed by atoms with E-state index >= 15 is 0 Å². The number of anilines is 1. The van der Waals surface area contributed by atoms with E-state index < -0.39 is 11.9 Å². The van der Waals surface area contributed by atoms with Gasteiger partial charge in [0, 0.05) is 10.7 Å². The van der Waals surface area contributed by atoms with Gasteiger partial charge in [-0.3, -0.25) is 10.1 Å². The maximum atomic E-state index is 11.3. The molecule has 6 nitrogen and oxygen atoms in total. The first-order chi connectivity index (χ1) is 8.97. The summed E-state index contributed by atoms with van der Waals surface area (Å²) in [4.78, 5) is 25.0. The lowest BCUT2D eigenvalue weighted by Gasteiger charge is -2.00. The lowest BCUT2D eigenvalue weighted by atomic mass is 10.1. The van der Waals surface area contributed by atoms with Crippen LogP contribution in [0, 0.1) is 0 Å². The molecule has 0 spiro atoms. The van der Waals surface area contributed by atoms with Gasteiger partial charge in [-0.25, -0.2) is 4.79 Å². The van der Waals surface area contributed by atoms with Gasteiger partial charge in [0.1, 0.15) is 5.82 Å². The molecule has 98 valence electrons. The Hall–Kier alpha value is -2.47. The molecule has 0 saturated heterocycles. The third-order valence-electron chi connectivity index (χ3n) is 2.47. The molecule has 1 aromatic heterocycles.